The van der Waals surface area contributed by atoms with Crippen molar-refractivity contribution >= 4 is 11.6 Å². The second-order valence-electron chi connectivity index (χ2n) is 16.2. The van der Waals surface area contributed by atoms with E-state index in [0.29, 0.717) is 23.7 Å². The van der Waals surface area contributed by atoms with Crippen LogP contribution in [0.4, 0.5) is 0 Å². The zero-order valence-electron chi connectivity index (χ0n) is 25.6. The molecule has 1 heteroatoms. The number of aliphatic hydroxyl groups excluding tert-OH is 1. The van der Waals surface area contributed by atoms with Crippen LogP contribution in [-0.2, 0) is 18.3 Å². The molecule has 0 aromatic heterocycles. The fourth-order valence-electron chi connectivity index (χ4n) is 13.8. The standard InChI is InChI=1S/C46H28O/c47-45(19-7-3-1-4-8-19)46(26-9-5-2-6-10-26)43-27-17-24-15-22-13-20-11-12-21-14-23-16-25-18-28(44(43)46)36-35(27)39-33(24)31(22)37-29(20)30(21)38-32(23)34(25)40(36)42(39)41(37)38/h1-14,17-18,20,29,41-45,47H,15-16H2. The van der Waals surface area contributed by atoms with Crippen LogP contribution in [0.5, 0.6) is 0 Å². The molecule has 8 unspecified atom stereocenters. The van der Waals surface area contributed by atoms with Gasteiger partial charge in [0.15, 0.2) is 0 Å². The van der Waals surface area contributed by atoms with Crippen molar-refractivity contribution in [1.29, 1.82) is 0 Å². The minimum atomic E-state index is -0.589. The monoisotopic (exact) mass is 596 g/mol. The highest BCUT2D eigenvalue weighted by Crippen LogP contribution is 2.84. The fraction of sp³-hybridized carbons (Fsp3) is 0.217. The lowest BCUT2D eigenvalue weighted by molar-refractivity contribution is 0.127. The van der Waals surface area contributed by atoms with Crippen LogP contribution >= 0.6 is 0 Å². The third-order valence-corrected chi connectivity index (χ3v) is 14.9. The van der Waals surface area contributed by atoms with Crippen molar-refractivity contribution < 1.29 is 5.11 Å². The molecule has 1 saturated carbocycles. The molecule has 5 aromatic carbocycles. The van der Waals surface area contributed by atoms with Gasteiger partial charge in [-0.15, -0.1) is 0 Å². The van der Waals surface area contributed by atoms with Gasteiger partial charge in [0.1, 0.15) is 0 Å². The summed E-state index contributed by atoms with van der Waals surface area (Å²) in [6.07, 6.45) is 9.20. The van der Waals surface area contributed by atoms with E-state index in [2.05, 4.69) is 97.1 Å². The van der Waals surface area contributed by atoms with Crippen LogP contribution in [-0.4, -0.2) is 5.11 Å². The average Bonchev–Trinajstić information content (AvgIpc) is 3.42. The molecule has 0 amide bonds. The molecule has 15 rings (SSSR count). The van der Waals surface area contributed by atoms with E-state index in [1.807, 2.05) is 0 Å². The molecule has 10 aliphatic rings. The van der Waals surface area contributed by atoms with Crippen molar-refractivity contribution in [2.24, 2.45) is 5.92 Å². The molecule has 5 aromatic rings. The van der Waals surface area contributed by atoms with Gasteiger partial charge in [-0.2, -0.15) is 0 Å². The lowest BCUT2D eigenvalue weighted by atomic mass is 9.63. The van der Waals surface area contributed by atoms with Crippen LogP contribution < -0.4 is 0 Å². The summed E-state index contributed by atoms with van der Waals surface area (Å²) >= 11 is 0. The molecule has 8 atom stereocenters. The van der Waals surface area contributed by atoms with E-state index < -0.39 is 11.5 Å². The summed E-state index contributed by atoms with van der Waals surface area (Å²) in [4.78, 5) is 0. The zero-order valence-corrected chi connectivity index (χ0v) is 25.6. The van der Waals surface area contributed by atoms with E-state index in [1.54, 1.807) is 83.5 Å². The number of aliphatic hydroxyl groups is 1. The van der Waals surface area contributed by atoms with E-state index in [9.17, 15) is 5.11 Å². The first-order valence-corrected chi connectivity index (χ1v) is 17.8. The van der Waals surface area contributed by atoms with Gasteiger partial charge in [-0.25, -0.2) is 0 Å². The first-order valence-electron chi connectivity index (χ1n) is 17.8. The molecule has 218 valence electrons. The van der Waals surface area contributed by atoms with Crippen LogP contribution in [0.3, 0.4) is 0 Å². The molecule has 1 nitrogen and oxygen atoms in total. The van der Waals surface area contributed by atoms with Gasteiger partial charge in [0.25, 0.3) is 0 Å². The number of hydrogen-bond acceptors (Lipinski definition) is 1. The van der Waals surface area contributed by atoms with Gasteiger partial charge >= 0.3 is 0 Å². The smallest absolute Gasteiger partial charge is 0.0898 e. The summed E-state index contributed by atoms with van der Waals surface area (Å²) in [6, 6.07) is 29.5. The molecule has 0 saturated heterocycles. The van der Waals surface area contributed by atoms with Crippen molar-refractivity contribution in [3.05, 3.63) is 174 Å². The molecule has 0 aliphatic heterocycles. The van der Waals surface area contributed by atoms with E-state index in [0.717, 1.165) is 18.4 Å². The lowest BCUT2D eigenvalue weighted by Crippen LogP contribution is -2.25. The highest BCUT2D eigenvalue weighted by atomic mass is 16.3. The van der Waals surface area contributed by atoms with E-state index in [-0.39, 0.29) is 11.8 Å². The quantitative estimate of drug-likeness (QED) is 0.216. The molecule has 0 bridgehead atoms. The van der Waals surface area contributed by atoms with Crippen LogP contribution in [0.1, 0.15) is 108 Å². The van der Waals surface area contributed by atoms with E-state index >= 15 is 0 Å². The Labute approximate surface area is 272 Å². The van der Waals surface area contributed by atoms with Crippen LogP contribution in [0.15, 0.2) is 102 Å². The van der Waals surface area contributed by atoms with Crippen LogP contribution in [0.25, 0.3) is 33.9 Å². The topological polar surface area (TPSA) is 20.2 Å². The summed E-state index contributed by atoms with van der Waals surface area (Å²) < 4.78 is 0. The van der Waals surface area contributed by atoms with Crippen molar-refractivity contribution in [2.75, 3.05) is 0 Å². The molecule has 0 heterocycles. The average molecular weight is 597 g/mol. The summed E-state index contributed by atoms with van der Waals surface area (Å²) in [7, 11) is 0. The number of rotatable bonds is 3. The van der Waals surface area contributed by atoms with Crippen LogP contribution in [0.2, 0.25) is 0 Å². The van der Waals surface area contributed by atoms with Crippen molar-refractivity contribution in [2.45, 2.75) is 54.0 Å². The highest BCUT2D eigenvalue weighted by Gasteiger charge is 2.74. The third kappa shape index (κ3) is 2.00. The van der Waals surface area contributed by atoms with Gasteiger partial charge in [-0.05, 0) is 124 Å². The predicted molar refractivity (Wildman–Crippen MR) is 184 cm³/mol. The summed E-state index contributed by atoms with van der Waals surface area (Å²) in [5.74, 6) is 2.47. The van der Waals surface area contributed by atoms with Crippen molar-refractivity contribution in [3.63, 3.8) is 0 Å². The zero-order chi connectivity index (χ0) is 29.8. The summed E-state index contributed by atoms with van der Waals surface area (Å²) in [5, 5.41) is 12.7. The minimum Gasteiger partial charge on any atom is -0.387 e. The lowest BCUT2D eigenvalue weighted by Gasteiger charge is -2.39. The number of benzene rings is 5. The molecule has 47 heavy (non-hydrogen) atoms. The molecular formula is C46H28O. The Bertz CT molecular complexity index is 2610. The van der Waals surface area contributed by atoms with Gasteiger partial charge in [0, 0.05) is 40.9 Å². The van der Waals surface area contributed by atoms with Gasteiger partial charge in [0.05, 0.1) is 6.10 Å². The normalized spacial score (nSPS) is 32.1. The summed E-state index contributed by atoms with van der Waals surface area (Å²) in [5.41, 5.74) is 31.0. The first-order chi connectivity index (χ1) is 23.2. The SMILES string of the molecule is OC(c1ccccc1)C1(c2ccccc2)C2c3cc4c5c6c3-c3c(cc7c8c3C6C3C6=C5C(=CC5C=Cc9cc(c-8c3c9C65)C7)C4)C21. The maximum absolute atomic E-state index is 12.7. The second kappa shape index (κ2) is 6.66. The summed E-state index contributed by atoms with van der Waals surface area (Å²) in [6.45, 7) is 0. The number of allylic oxidation sites excluding steroid dienone is 5. The van der Waals surface area contributed by atoms with Gasteiger partial charge in [-0.1, -0.05) is 97.1 Å². The second-order valence-corrected chi connectivity index (χ2v) is 16.2. The van der Waals surface area contributed by atoms with E-state index in [4.69, 9.17) is 0 Å². The Balaban J connectivity index is 1.13. The molecule has 0 radical (unpaired) electrons. The highest BCUT2D eigenvalue weighted by molar-refractivity contribution is 6.09. The first kappa shape index (κ1) is 22.7. The van der Waals surface area contributed by atoms with Gasteiger partial charge in [-0.3, -0.25) is 0 Å². The van der Waals surface area contributed by atoms with Crippen molar-refractivity contribution in [1.82, 2.24) is 0 Å². The van der Waals surface area contributed by atoms with Crippen LogP contribution in [0, 0.1) is 5.92 Å². The maximum Gasteiger partial charge on any atom is 0.0898 e. The molecular weight excluding hydrogens is 569 g/mol. The molecule has 0 spiro atoms. The van der Waals surface area contributed by atoms with Crippen molar-refractivity contribution in [3.8, 4) is 22.3 Å². The Kier molecular flexibility index (Phi) is 3.22. The fourth-order valence-corrected chi connectivity index (χ4v) is 13.8. The Hall–Kier alpha value is -4.72. The predicted octanol–water partition coefficient (Wildman–Crippen LogP) is 9.34. The maximum atomic E-state index is 12.7. The Morgan fingerprint density at radius 1 is 0.638 bits per heavy atom. The number of fused-ring (bicyclic) bond motifs is 3. The number of hydrogen-bond donors (Lipinski definition) is 1. The Morgan fingerprint density at radius 2 is 1.32 bits per heavy atom. The minimum absolute atomic E-state index is 0.254. The van der Waals surface area contributed by atoms with Gasteiger partial charge < -0.3 is 5.11 Å². The van der Waals surface area contributed by atoms with Gasteiger partial charge in [0.2, 0.25) is 0 Å². The molecule has 1 fully saturated rings. The Morgan fingerprint density at radius 3 is 2.11 bits per heavy atom. The molecule has 1 N–H and O–H groups in total. The van der Waals surface area contributed by atoms with E-state index in [1.165, 1.54) is 22.3 Å². The largest absolute Gasteiger partial charge is 0.387 e. The molecule has 10 aliphatic carbocycles. The third-order valence-electron chi connectivity index (χ3n) is 14.9.